The Kier molecular flexibility index (Phi) is 4.55. The van der Waals surface area contributed by atoms with Crippen molar-refractivity contribution >= 4 is 5.91 Å². The van der Waals surface area contributed by atoms with Crippen LogP contribution in [0.25, 0.3) is 0 Å². The summed E-state index contributed by atoms with van der Waals surface area (Å²) in [6.07, 6.45) is 1.91. The number of carbonyl (C=O) groups excluding carboxylic acids is 1. The molecule has 0 saturated carbocycles. The summed E-state index contributed by atoms with van der Waals surface area (Å²) in [7, 11) is 0. The van der Waals surface area contributed by atoms with Gasteiger partial charge in [-0.2, -0.15) is 0 Å². The largest absolute Gasteiger partial charge is 0.390 e. The molecule has 1 saturated heterocycles. The van der Waals surface area contributed by atoms with Crippen molar-refractivity contribution in [2.24, 2.45) is 0 Å². The first-order valence-corrected chi connectivity index (χ1v) is 6.45. The van der Waals surface area contributed by atoms with Crippen molar-refractivity contribution in [2.75, 3.05) is 19.6 Å². The SMILES string of the molecule is CC1(O)CCN(C(=O)CCNC(C)(C)C)CC1. The van der Waals surface area contributed by atoms with E-state index >= 15 is 0 Å². The van der Waals surface area contributed by atoms with Crippen molar-refractivity contribution in [1.29, 1.82) is 0 Å². The quantitative estimate of drug-likeness (QED) is 0.780. The van der Waals surface area contributed by atoms with E-state index in [2.05, 4.69) is 26.1 Å². The summed E-state index contributed by atoms with van der Waals surface area (Å²) in [4.78, 5) is 13.8. The van der Waals surface area contributed by atoms with E-state index in [1.807, 2.05) is 11.8 Å². The molecule has 17 heavy (non-hydrogen) atoms. The van der Waals surface area contributed by atoms with Gasteiger partial charge in [-0.25, -0.2) is 0 Å². The molecule has 1 rings (SSSR count). The molecule has 1 fully saturated rings. The van der Waals surface area contributed by atoms with Gasteiger partial charge in [0.1, 0.15) is 0 Å². The Morgan fingerprint density at radius 2 is 1.88 bits per heavy atom. The Bertz CT molecular complexity index is 259. The van der Waals surface area contributed by atoms with E-state index < -0.39 is 5.60 Å². The number of piperidine rings is 1. The molecule has 0 aromatic heterocycles. The first-order valence-electron chi connectivity index (χ1n) is 6.45. The highest BCUT2D eigenvalue weighted by Crippen LogP contribution is 2.21. The Labute approximate surface area is 104 Å². The van der Waals surface area contributed by atoms with Gasteiger partial charge in [-0.3, -0.25) is 4.79 Å². The number of amides is 1. The van der Waals surface area contributed by atoms with Crippen LogP contribution in [0.3, 0.4) is 0 Å². The maximum Gasteiger partial charge on any atom is 0.223 e. The smallest absolute Gasteiger partial charge is 0.223 e. The average molecular weight is 242 g/mol. The topological polar surface area (TPSA) is 52.6 Å². The van der Waals surface area contributed by atoms with Gasteiger partial charge < -0.3 is 15.3 Å². The highest BCUT2D eigenvalue weighted by Gasteiger charge is 2.29. The van der Waals surface area contributed by atoms with Crippen molar-refractivity contribution in [2.45, 2.75) is 58.1 Å². The van der Waals surface area contributed by atoms with Crippen LogP contribution in [0, 0.1) is 0 Å². The standard InChI is InChI=1S/C13H26N2O2/c1-12(2,3)14-8-5-11(16)15-9-6-13(4,17)7-10-15/h14,17H,5-10H2,1-4H3. The molecule has 0 aromatic rings. The predicted molar refractivity (Wildman–Crippen MR) is 68.8 cm³/mol. The summed E-state index contributed by atoms with van der Waals surface area (Å²) in [6.45, 7) is 10.2. The van der Waals surface area contributed by atoms with Crippen LogP contribution in [-0.4, -0.2) is 46.7 Å². The highest BCUT2D eigenvalue weighted by molar-refractivity contribution is 5.76. The number of hydrogen-bond acceptors (Lipinski definition) is 3. The molecule has 0 radical (unpaired) electrons. The molecule has 1 aliphatic heterocycles. The second kappa shape index (κ2) is 5.36. The Morgan fingerprint density at radius 1 is 1.35 bits per heavy atom. The van der Waals surface area contributed by atoms with Crippen LogP contribution in [0.15, 0.2) is 0 Å². The summed E-state index contributed by atoms with van der Waals surface area (Å²) in [5, 5.41) is 13.1. The lowest BCUT2D eigenvalue weighted by Gasteiger charge is -2.36. The lowest BCUT2D eigenvalue weighted by molar-refractivity contribution is -0.134. The van der Waals surface area contributed by atoms with Crippen LogP contribution < -0.4 is 5.32 Å². The van der Waals surface area contributed by atoms with Gasteiger partial charge in [0, 0.05) is 31.6 Å². The summed E-state index contributed by atoms with van der Waals surface area (Å²) in [6, 6.07) is 0. The summed E-state index contributed by atoms with van der Waals surface area (Å²) >= 11 is 0. The molecule has 0 aliphatic carbocycles. The van der Waals surface area contributed by atoms with Crippen molar-refractivity contribution < 1.29 is 9.90 Å². The first-order chi connectivity index (χ1) is 7.70. The zero-order valence-corrected chi connectivity index (χ0v) is 11.5. The van der Waals surface area contributed by atoms with E-state index in [0.29, 0.717) is 32.4 Å². The number of likely N-dealkylation sites (tertiary alicyclic amines) is 1. The molecule has 2 N–H and O–H groups in total. The average Bonchev–Trinajstić information content (AvgIpc) is 2.15. The lowest BCUT2D eigenvalue weighted by atomic mass is 9.94. The third kappa shape index (κ3) is 5.50. The monoisotopic (exact) mass is 242 g/mol. The maximum absolute atomic E-state index is 11.9. The lowest BCUT2D eigenvalue weighted by Crippen LogP contribution is -2.46. The van der Waals surface area contributed by atoms with Crippen LogP contribution >= 0.6 is 0 Å². The fraction of sp³-hybridized carbons (Fsp3) is 0.923. The van der Waals surface area contributed by atoms with Crippen LogP contribution in [0.4, 0.5) is 0 Å². The van der Waals surface area contributed by atoms with Gasteiger partial charge in [0.05, 0.1) is 5.60 Å². The second-order valence-electron chi connectivity index (χ2n) is 6.30. The van der Waals surface area contributed by atoms with E-state index in [9.17, 15) is 9.90 Å². The van der Waals surface area contributed by atoms with Gasteiger partial charge in [0.15, 0.2) is 0 Å². The molecule has 1 aliphatic rings. The third-order valence-corrected chi connectivity index (χ3v) is 3.19. The van der Waals surface area contributed by atoms with E-state index in [4.69, 9.17) is 0 Å². The van der Waals surface area contributed by atoms with Crippen molar-refractivity contribution in [3.63, 3.8) is 0 Å². The third-order valence-electron chi connectivity index (χ3n) is 3.19. The Morgan fingerprint density at radius 3 is 2.35 bits per heavy atom. The van der Waals surface area contributed by atoms with E-state index in [0.717, 1.165) is 6.54 Å². The highest BCUT2D eigenvalue weighted by atomic mass is 16.3. The molecular formula is C13H26N2O2. The van der Waals surface area contributed by atoms with Crippen LogP contribution in [0.1, 0.15) is 47.0 Å². The molecular weight excluding hydrogens is 216 g/mol. The number of rotatable bonds is 3. The number of aliphatic hydroxyl groups is 1. The zero-order valence-electron chi connectivity index (χ0n) is 11.5. The number of nitrogens with one attached hydrogen (secondary N) is 1. The summed E-state index contributed by atoms with van der Waals surface area (Å²) < 4.78 is 0. The van der Waals surface area contributed by atoms with Gasteiger partial charge in [0.2, 0.25) is 5.91 Å². The minimum Gasteiger partial charge on any atom is -0.390 e. The Balaban J connectivity index is 2.25. The van der Waals surface area contributed by atoms with Gasteiger partial charge in [-0.1, -0.05) is 0 Å². The molecule has 0 atom stereocenters. The summed E-state index contributed by atoms with van der Waals surface area (Å²) in [5.74, 6) is 0.192. The van der Waals surface area contributed by atoms with E-state index in [-0.39, 0.29) is 11.4 Å². The minimum atomic E-state index is -0.583. The molecule has 0 bridgehead atoms. The second-order valence-corrected chi connectivity index (χ2v) is 6.30. The van der Waals surface area contributed by atoms with E-state index in [1.54, 1.807) is 0 Å². The van der Waals surface area contributed by atoms with Gasteiger partial charge in [-0.05, 0) is 40.5 Å². The fourth-order valence-electron chi connectivity index (χ4n) is 1.94. The van der Waals surface area contributed by atoms with Crippen molar-refractivity contribution in [3.05, 3.63) is 0 Å². The summed E-state index contributed by atoms with van der Waals surface area (Å²) in [5.41, 5.74) is -0.522. The first kappa shape index (κ1) is 14.5. The fourth-order valence-corrected chi connectivity index (χ4v) is 1.94. The van der Waals surface area contributed by atoms with Crippen LogP contribution in [0.2, 0.25) is 0 Å². The van der Waals surface area contributed by atoms with Crippen molar-refractivity contribution in [1.82, 2.24) is 10.2 Å². The zero-order chi connectivity index (χ0) is 13.1. The molecule has 0 aromatic carbocycles. The van der Waals surface area contributed by atoms with E-state index in [1.165, 1.54) is 0 Å². The Hall–Kier alpha value is -0.610. The molecule has 1 amide bonds. The number of nitrogens with zero attached hydrogens (tertiary/aromatic N) is 1. The van der Waals surface area contributed by atoms with Crippen molar-refractivity contribution in [3.8, 4) is 0 Å². The van der Waals surface area contributed by atoms with Gasteiger partial charge in [-0.15, -0.1) is 0 Å². The molecule has 100 valence electrons. The maximum atomic E-state index is 11.9. The molecule has 1 heterocycles. The molecule has 4 nitrogen and oxygen atoms in total. The molecule has 0 spiro atoms. The number of carbonyl (C=O) groups is 1. The van der Waals surface area contributed by atoms with Gasteiger partial charge in [0.25, 0.3) is 0 Å². The number of hydrogen-bond donors (Lipinski definition) is 2. The molecule has 4 heteroatoms. The van der Waals surface area contributed by atoms with Crippen LogP contribution in [0.5, 0.6) is 0 Å². The van der Waals surface area contributed by atoms with Crippen LogP contribution in [-0.2, 0) is 4.79 Å². The molecule has 0 unspecified atom stereocenters. The van der Waals surface area contributed by atoms with Gasteiger partial charge >= 0.3 is 0 Å². The normalized spacial score (nSPS) is 20.4. The minimum absolute atomic E-state index is 0.0614. The predicted octanol–water partition coefficient (Wildman–Crippen LogP) is 1.14.